The second kappa shape index (κ2) is 6.26. The smallest absolute Gasteiger partial charge is 0.228 e. The minimum absolute atomic E-state index is 0.128. The second-order valence-electron chi connectivity index (χ2n) is 4.42. The quantitative estimate of drug-likeness (QED) is 0.659. The number of nitrogens with two attached hydrogens (primary N) is 1. The van der Waals surface area contributed by atoms with Crippen molar-refractivity contribution in [3.05, 3.63) is 40.1 Å². The summed E-state index contributed by atoms with van der Waals surface area (Å²) in [6.45, 7) is 3.99. The number of anilines is 1. The minimum Gasteiger partial charge on any atom is -0.437 e. The van der Waals surface area contributed by atoms with Gasteiger partial charge in [-0.1, -0.05) is 37.0 Å². The zero-order chi connectivity index (χ0) is 14.7. The highest BCUT2D eigenvalue weighted by atomic mass is 35.5. The Balaban J connectivity index is 2.43. The average Bonchev–Trinajstić information content (AvgIpc) is 2.41. The molecule has 0 saturated heterocycles. The number of rotatable bonds is 4. The van der Waals surface area contributed by atoms with E-state index in [0.717, 1.165) is 5.56 Å². The summed E-state index contributed by atoms with van der Waals surface area (Å²) in [7, 11) is 0. The summed E-state index contributed by atoms with van der Waals surface area (Å²) < 4.78 is 5.76. The fourth-order valence-electron chi connectivity index (χ4n) is 1.76. The van der Waals surface area contributed by atoms with Gasteiger partial charge in [0.25, 0.3) is 0 Å². The normalized spacial score (nSPS) is 10.7. The number of nitrogens with one attached hydrogen (secondary N) is 1. The number of hydrazine groups is 1. The first-order valence-electron chi connectivity index (χ1n) is 5.97. The molecule has 0 amide bonds. The molecule has 2 aromatic rings. The van der Waals surface area contributed by atoms with Gasteiger partial charge in [0.05, 0.1) is 10.6 Å². The second-order valence-corrected chi connectivity index (χ2v) is 5.26. The molecule has 0 aliphatic heterocycles. The first kappa shape index (κ1) is 14.8. The number of benzene rings is 1. The lowest BCUT2D eigenvalue weighted by Gasteiger charge is -2.16. The molecule has 7 heteroatoms. The molecule has 0 atom stereocenters. The molecule has 0 unspecified atom stereocenters. The maximum atomic E-state index is 6.09. The summed E-state index contributed by atoms with van der Waals surface area (Å²) in [4.78, 5) is 8.22. The van der Waals surface area contributed by atoms with Gasteiger partial charge in [0.2, 0.25) is 5.88 Å². The number of nitrogens with zero attached hydrogens (tertiary/aromatic N) is 2. The molecule has 0 spiro atoms. The van der Waals surface area contributed by atoms with Crippen molar-refractivity contribution in [2.75, 3.05) is 5.43 Å². The Bertz CT molecular complexity index is 619. The van der Waals surface area contributed by atoms with Crippen LogP contribution < -0.4 is 16.0 Å². The molecule has 5 nitrogen and oxygen atoms in total. The third-order valence-corrected chi connectivity index (χ3v) is 3.19. The van der Waals surface area contributed by atoms with Crippen molar-refractivity contribution >= 4 is 29.0 Å². The molecule has 1 aromatic heterocycles. The topological polar surface area (TPSA) is 73.1 Å². The van der Waals surface area contributed by atoms with Crippen molar-refractivity contribution in [2.45, 2.75) is 19.8 Å². The van der Waals surface area contributed by atoms with Crippen LogP contribution in [0.1, 0.15) is 25.3 Å². The molecule has 1 heterocycles. The fourth-order valence-corrected chi connectivity index (χ4v) is 2.21. The molecule has 0 bridgehead atoms. The third kappa shape index (κ3) is 3.12. The van der Waals surface area contributed by atoms with Gasteiger partial charge in [0.15, 0.2) is 5.82 Å². The molecule has 20 heavy (non-hydrogen) atoms. The highest BCUT2D eigenvalue weighted by molar-refractivity contribution is 6.35. The molecule has 1 aromatic carbocycles. The zero-order valence-corrected chi connectivity index (χ0v) is 12.5. The summed E-state index contributed by atoms with van der Waals surface area (Å²) in [6.07, 6.45) is 1.38. The van der Waals surface area contributed by atoms with Crippen molar-refractivity contribution in [2.24, 2.45) is 5.84 Å². The monoisotopic (exact) mass is 312 g/mol. The van der Waals surface area contributed by atoms with E-state index in [1.807, 2.05) is 13.8 Å². The number of aromatic nitrogens is 2. The Hall–Kier alpha value is -1.56. The van der Waals surface area contributed by atoms with E-state index in [4.69, 9.17) is 33.8 Å². The zero-order valence-electron chi connectivity index (χ0n) is 11.0. The fraction of sp³-hybridized carbons (Fsp3) is 0.231. The lowest BCUT2D eigenvalue weighted by molar-refractivity contribution is 0.452. The summed E-state index contributed by atoms with van der Waals surface area (Å²) in [5, 5.41) is 0.950. The predicted molar refractivity (Wildman–Crippen MR) is 80.5 cm³/mol. The van der Waals surface area contributed by atoms with E-state index in [0.29, 0.717) is 27.5 Å². The van der Waals surface area contributed by atoms with Crippen LogP contribution in [0, 0.1) is 0 Å². The van der Waals surface area contributed by atoms with E-state index in [9.17, 15) is 0 Å². The van der Waals surface area contributed by atoms with E-state index < -0.39 is 0 Å². The maximum absolute atomic E-state index is 6.09. The van der Waals surface area contributed by atoms with E-state index in [1.165, 1.54) is 6.33 Å². The largest absolute Gasteiger partial charge is 0.437 e. The standard InChI is InChI=1S/C13H14Cl2N4O/c1-7(2)11-12(19-16)17-6-18-13(11)20-10-4-3-8(14)5-9(10)15/h3-7H,16H2,1-2H3,(H,17,18,19). The molecule has 0 radical (unpaired) electrons. The van der Waals surface area contributed by atoms with Crippen molar-refractivity contribution in [3.63, 3.8) is 0 Å². The van der Waals surface area contributed by atoms with Gasteiger partial charge in [0.1, 0.15) is 12.1 Å². The molecule has 106 valence electrons. The van der Waals surface area contributed by atoms with Gasteiger partial charge in [-0.05, 0) is 24.1 Å². The molecule has 2 rings (SSSR count). The van der Waals surface area contributed by atoms with Crippen LogP contribution in [0.5, 0.6) is 11.6 Å². The van der Waals surface area contributed by atoms with E-state index in [-0.39, 0.29) is 5.92 Å². The molecule has 0 fully saturated rings. The van der Waals surface area contributed by atoms with Crippen molar-refractivity contribution in [3.8, 4) is 11.6 Å². The van der Waals surface area contributed by atoms with Crippen molar-refractivity contribution in [1.29, 1.82) is 0 Å². The first-order chi connectivity index (χ1) is 9.52. The number of hydrogen-bond donors (Lipinski definition) is 2. The first-order valence-corrected chi connectivity index (χ1v) is 6.73. The van der Waals surface area contributed by atoms with Gasteiger partial charge in [-0.15, -0.1) is 0 Å². The van der Waals surface area contributed by atoms with Crippen LogP contribution in [-0.2, 0) is 0 Å². The Kier molecular flexibility index (Phi) is 4.65. The molecule has 0 saturated carbocycles. The van der Waals surface area contributed by atoms with Crippen LogP contribution in [0.4, 0.5) is 5.82 Å². The van der Waals surface area contributed by atoms with Gasteiger partial charge >= 0.3 is 0 Å². The van der Waals surface area contributed by atoms with Gasteiger partial charge in [0, 0.05) is 5.02 Å². The Morgan fingerprint density at radius 2 is 2.00 bits per heavy atom. The number of hydrogen-bond acceptors (Lipinski definition) is 5. The summed E-state index contributed by atoms with van der Waals surface area (Å²) >= 11 is 11.9. The Morgan fingerprint density at radius 1 is 1.25 bits per heavy atom. The number of ether oxygens (including phenoxy) is 1. The Labute approximate surface area is 127 Å². The Morgan fingerprint density at radius 3 is 2.60 bits per heavy atom. The van der Waals surface area contributed by atoms with Crippen LogP contribution in [0.15, 0.2) is 24.5 Å². The third-order valence-electron chi connectivity index (χ3n) is 2.66. The van der Waals surface area contributed by atoms with Gasteiger partial charge in [-0.3, -0.25) is 0 Å². The predicted octanol–water partition coefficient (Wildman–Crippen LogP) is 3.98. The molecular weight excluding hydrogens is 299 g/mol. The van der Waals surface area contributed by atoms with E-state index in [2.05, 4.69) is 15.4 Å². The average molecular weight is 313 g/mol. The van der Waals surface area contributed by atoms with Crippen LogP contribution in [-0.4, -0.2) is 9.97 Å². The summed E-state index contributed by atoms with van der Waals surface area (Å²) in [5.74, 6) is 6.99. The van der Waals surface area contributed by atoms with Gasteiger partial charge in [-0.25, -0.2) is 15.8 Å². The molecule has 0 aliphatic rings. The van der Waals surface area contributed by atoms with Crippen LogP contribution >= 0.6 is 23.2 Å². The van der Waals surface area contributed by atoms with Crippen LogP contribution in [0.2, 0.25) is 10.0 Å². The maximum Gasteiger partial charge on any atom is 0.228 e. The minimum atomic E-state index is 0.128. The SMILES string of the molecule is CC(C)c1c(NN)ncnc1Oc1ccc(Cl)cc1Cl. The van der Waals surface area contributed by atoms with Gasteiger partial charge in [-0.2, -0.15) is 0 Å². The lowest BCUT2D eigenvalue weighted by atomic mass is 10.1. The van der Waals surface area contributed by atoms with Crippen molar-refractivity contribution < 1.29 is 4.74 Å². The molecular formula is C13H14Cl2N4O. The summed E-state index contributed by atoms with van der Waals surface area (Å²) in [5.41, 5.74) is 3.32. The van der Waals surface area contributed by atoms with Gasteiger partial charge < -0.3 is 10.2 Å². The molecule has 3 N–H and O–H groups in total. The lowest BCUT2D eigenvalue weighted by Crippen LogP contribution is -2.13. The number of halogens is 2. The van der Waals surface area contributed by atoms with E-state index in [1.54, 1.807) is 18.2 Å². The van der Waals surface area contributed by atoms with Crippen molar-refractivity contribution in [1.82, 2.24) is 9.97 Å². The van der Waals surface area contributed by atoms with Crippen LogP contribution in [0.3, 0.4) is 0 Å². The summed E-state index contributed by atoms with van der Waals surface area (Å²) in [6, 6.07) is 4.99. The van der Waals surface area contributed by atoms with E-state index >= 15 is 0 Å². The molecule has 0 aliphatic carbocycles. The van der Waals surface area contributed by atoms with Crippen LogP contribution in [0.25, 0.3) is 0 Å². The highest BCUT2D eigenvalue weighted by Gasteiger charge is 2.17. The highest BCUT2D eigenvalue weighted by Crippen LogP contribution is 2.36. The number of nitrogen functional groups attached to an aromatic ring is 1.